The first kappa shape index (κ1) is 13.2. The van der Waals surface area contributed by atoms with Gasteiger partial charge in [-0.3, -0.25) is 4.79 Å². The van der Waals surface area contributed by atoms with Gasteiger partial charge in [-0.15, -0.1) is 0 Å². The number of halogens is 1. The van der Waals surface area contributed by atoms with E-state index in [1.807, 2.05) is 35.9 Å². The highest BCUT2D eigenvalue weighted by atomic mass is 19.1. The molecule has 1 aromatic heterocycles. The Kier molecular flexibility index (Phi) is 4.23. The number of hydrogen-bond acceptors (Lipinski definition) is 1. The van der Waals surface area contributed by atoms with Gasteiger partial charge in [0.15, 0.2) is 11.9 Å². The number of benzene rings is 1. The second-order valence-electron chi connectivity index (χ2n) is 4.37. The van der Waals surface area contributed by atoms with Crippen LogP contribution in [-0.2, 0) is 17.9 Å². The molecule has 1 aromatic carbocycles. The van der Waals surface area contributed by atoms with Gasteiger partial charge in [-0.25, -0.2) is 4.39 Å². The van der Waals surface area contributed by atoms with Gasteiger partial charge in [-0.2, -0.15) is 4.57 Å². The number of hydrogen-bond donors (Lipinski definition) is 1. The molecule has 0 aliphatic heterocycles. The fourth-order valence-corrected chi connectivity index (χ4v) is 1.75. The van der Waals surface area contributed by atoms with Gasteiger partial charge in [0.1, 0.15) is 5.82 Å². The average Bonchev–Trinajstić information content (AvgIpc) is 2.41. The van der Waals surface area contributed by atoms with Gasteiger partial charge in [0.25, 0.3) is 5.91 Å². The van der Waals surface area contributed by atoms with Crippen LogP contribution in [0.15, 0.2) is 48.7 Å². The minimum Gasteiger partial charge on any atom is -0.347 e. The van der Waals surface area contributed by atoms with E-state index in [2.05, 4.69) is 5.32 Å². The maximum absolute atomic E-state index is 12.7. The molecule has 0 fully saturated rings. The largest absolute Gasteiger partial charge is 0.347 e. The second kappa shape index (κ2) is 6.09. The number of carbonyl (C=O) groups excluding carboxylic acids is 1. The summed E-state index contributed by atoms with van der Waals surface area (Å²) in [6.45, 7) is 2.65. The van der Waals surface area contributed by atoms with Crippen molar-refractivity contribution >= 4 is 5.91 Å². The molecule has 1 N–H and O–H groups in total. The van der Waals surface area contributed by atoms with Crippen molar-refractivity contribution in [1.82, 2.24) is 5.32 Å². The minimum atomic E-state index is -0.273. The molecule has 2 rings (SSSR count). The first-order valence-electron chi connectivity index (χ1n) is 6.11. The Morgan fingerprint density at radius 1 is 1.21 bits per heavy atom. The van der Waals surface area contributed by atoms with Crippen LogP contribution in [-0.4, -0.2) is 5.91 Å². The summed E-state index contributed by atoms with van der Waals surface area (Å²) in [6, 6.07) is 11.9. The fraction of sp³-hybridized carbons (Fsp3) is 0.200. The van der Waals surface area contributed by atoms with Crippen molar-refractivity contribution in [2.24, 2.45) is 0 Å². The molecule has 2 aromatic rings. The van der Waals surface area contributed by atoms with Crippen LogP contribution in [0.3, 0.4) is 0 Å². The van der Waals surface area contributed by atoms with Crippen LogP contribution < -0.4 is 9.88 Å². The van der Waals surface area contributed by atoms with Crippen LogP contribution in [0.25, 0.3) is 0 Å². The molecule has 3 nitrogen and oxygen atoms in total. The van der Waals surface area contributed by atoms with Crippen LogP contribution in [0.5, 0.6) is 0 Å². The Morgan fingerprint density at radius 3 is 2.63 bits per heavy atom. The highest BCUT2D eigenvalue weighted by Crippen LogP contribution is 2.01. The Balaban J connectivity index is 1.88. The van der Waals surface area contributed by atoms with Crippen LogP contribution in [0.2, 0.25) is 0 Å². The summed E-state index contributed by atoms with van der Waals surface area (Å²) >= 11 is 0. The van der Waals surface area contributed by atoms with E-state index in [0.717, 1.165) is 11.3 Å². The molecule has 98 valence electrons. The summed E-state index contributed by atoms with van der Waals surface area (Å²) in [7, 11) is 0. The molecule has 19 heavy (non-hydrogen) atoms. The van der Waals surface area contributed by atoms with Crippen molar-refractivity contribution in [1.29, 1.82) is 0 Å². The summed E-state index contributed by atoms with van der Waals surface area (Å²) < 4.78 is 14.6. The molecule has 0 aliphatic rings. The molecule has 0 saturated heterocycles. The summed E-state index contributed by atoms with van der Waals surface area (Å²) in [4.78, 5) is 11.8. The van der Waals surface area contributed by atoms with Gasteiger partial charge in [0.05, 0.1) is 0 Å². The molecule has 0 radical (unpaired) electrons. The summed E-state index contributed by atoms with van der Waals surface area (Å²) in [5, 5.41) is 2.81. The van der Waals surface area contributed by atoms with E-state index in [9.17, 15) is 9.18 Å². The van der Waals surface area contributed by atoms with Crippen molar-refractivity contribution in [3.8, 4) is 0 Å². The predicted octanol–water partition coefficient (Wildman–Crippen LogP) is 1.74. The van der Waals surface area contributed by atoms with E-state index in [0.29, 0.717) is 6.54 Å². The summed E-state index contributed by atoms with van der Waals surface area (Å²) in [5.74, 6) is -0.339. The van der Waals surface area contributed by atoms with Gasteiger partial charge in [-0.1, -0.05) is 18.2 Å². The van der Waals surface area contributed by atoms with Crippen LogP contribution in [0.4, 0.5) is 4.39 Å². The van der Waals surface area contributed by atoms with Crippen LogP contribution in [0, 0.1) is 12.7 Å². The quantitative estimate of drug-likeness (QED) is 0.834. The Morgan fingerprint density at radius 2 is 1.95 bits per heavy atom. The van der Waals surface area contributed by atoms with E-state index in [1.54, 1.807) is 12.1 Å². The van der Waals surface area contributed by atoms with E-state index in [1.165, 1.54) is 12.1 Å². The summed E-state index contributed by atoms with van der Waals surface area (Å²) in [5.41, 5.74) is 1.91. The Hall–Kier alpha value is -2.23. The van der Waals surface area contributed by atoms with E-state index in [4.69, 9.17) is 0 Å². The van der Waals surface area contributed by atoms with Gasteiger partial charge in [-0.05, 0) is 17.7 Å². The fourth-order valence-electron chi connectivity index (χ4n) is 1.75. The third-order valence-electron chi connectivity index (χ3n) is 2.88. The Bertz CT molecular complexity index is 567. The Labute approximate surface area is 111 Å². The zero-order valence-corrected chi connectivity index (χ0v) is 10.8. The first-order chi connectivity index (χ1) is 9.15. The molecule has 0 spiro atoms. The summed E-state index contributed by atoms with van der Waals surface area (Å²) in [6.07, 6.45) is 1.87. The smallest absolute Gasteiger partial charge is 0.286 e. The standard InChI is InChI=1S/C15H15FN2O/c1-12-4-2-3-9-18(12)11-15(19)17-10-13-5-7-14(16)8-6-13/h2-9H,10-11H2,1H3/p+1. The van der Waals surface area contributed by atoms with Crippen molar-refractivity contribution < 1.29 is 13.8 Å². The number of rotatable bonds is 4. The second-order valence-corrected chi connectivity index (χ2v) is 4.37. The molecule has 0 bridgehead atoms. The van der Waals surface area contributed by atoms with E-state index < -0.39 is 0 Å². The molecule has 0 unspecified atom stereocenters. The lowest BCUT2D eigenvalue weighted by Gasteiger charge is -2.04. The van der Waals surface area contributed by atoms with Crippen LogP contribution in [0.1, 0.15) is 11.3 Å². The number of aromatic nitrogens is 1. The average molecular weight is 259 g/mol. The van der Waals surface area contributed by atoms with Gasteiger partial charge < -0.3 is 5.32 Å². The number of pyridine rings is 1. The maximum atomic E-state index is 12.7. The number of amides is 1. The number of carbonyl (C=O) groups is 1. The lowest BCUT2D eigenvalue weighted by Crippen LogP contribution is -2.44. The lowest BCUT2D eigenvalue weighted by atomic mass is 10.2. The molecule has 0 atom stereocenters. The zero-order chi connectivity index (χ0) is 13.7. The molecular formula is C15H16FN2O+. The highest BCUT2D eigenvalue weighted by Gasteiger charge is 2.10. The topological polar surface area (TPSA) is 33.0 Å². The zero-order valence-electron chi connectivity index (χ0n) is 10.8. The SMILES string of the molecule is Cc1cccc[n+]1CC(=O)NCc1ccc(F)cc1. The molecule has 0 aliphatic carbocycles. The van der Waals surface area contributed by atoms with Gasteiger partial charge in [0.2, 0.25) is 6.54 Å². The van der Waals surface area contributed by atoms with Crippen molar-refractivity contribution in [3.05, 3.63) is 65.7 Å². The van der Waals surface area contributed by atoms with Crippen molar-refractivity contribution in [3.63, 3.8) is 0 Å². The molecular weight excluding hydrogens is 243 g/mol. The van der Waals surface area contributed by atoms with Crippen molar-refractivity contribution in [2.45, 2.75) is 20.0 Å². The monoisotopic (exact) mass is 259 g/mol. The highest BCUT2D eigenvalue weighted by molar-refractivity contribution is 5.74. The predicted molar refractivity (Wildman–Crippen MR) is 69.6 cm³/mol. The normalized spacial score (nSPS) is 10.2. The lowest BCUT2D eigenvalue weighted by molar-refractivity contribution is -0.690. The first-order valence-corrected chi connectivity index (χ1v) is 6.11. The molecule has 0 saturated carbocycles. The number of nitrogens with zero attached hydrogens (tertiary/aromatic N) is 1. The van der Waals surface area contributed by atoms with Gasteiger partial charge in [0, 0.05) is 25.6 Å². The van der Waals surface area contributed by atoms with E-state index in [-0.39, 0.29) is 18.3 Å². The van der Waals surface area contributed by atoms with Gasteiger partial charge >= 0.3 is 0 Å². The van der Waals surface area contributed by atoms with Crippen LogP contribution >= 0.6 is 0 Å². The third-order valence-corrected chi connectivity index (χ3v) is 2.88. The van der Waals surface area contributed by atoms with Crippen molar-refractivity contribution in [2.75, 3.05) is 0 Å². The number of aryl methyl sites for hydroxylation is 1. The van der Waals surface area contributed by atoms with E-state index >= 15 is 0 Å². The molecule has 1 heterocycles. The molecule has 4 heteroatoms. The molecule has 1 amide bonds. The maximum Gasteiger partial charge on any atom is 0.286 e. The number of nitrogens with one attached hydrogen (secondary N) is 1. The third kappa shape index (κ3) is 3.88. The minimum absolute atomic E-state index is 0.0661.